The third-order valence-corrected chi connectivity index (χ3v) is 3.61. The van der Waals surface area contributed by atoms with Gasteiger partial charge in [0.05, 0.1) is 0 Å². The first-order valence-electron chi connectivity index (χ1n) is 3.77. The van der Waals surface area contributed by atoms with Crippen LogP contribution in [0.4, 0.5) is 0 Å². The van der Waals surface area contributed by atoms with E-state index in [2.05, 4.69) is 0 Å². The van der Waals surface area contributed by atoms with Gasteiger partial charge in [0.1, 0.15) is 11.5 Å². The fraction of sp³-hybridized carbons (Fsp3) is 0. The Morgan fingerprint density at radius 3 is 1.06 bits per heavy atom. The molecule has 0 aliphatic carbocycles. The van der Waals surface area contributed by atoms with Crippen molar-refractivity contribution in [1.82, 2.24) is 0 Å². The molecule has 0 radical (unpaired) electrons. The van der Waals surface area contributed by atoms with Crippen molar-refractivity contribution in [2.75, 3.05) is 0 Å². The van der Waals surface area contributed by atoms with Crippen molar-refractivity contribution in [3.63, 3.8) is 0 Å². The molecule has 0 aliphatic rings. The molecule has 1 aromatic rings. The molecule has 1 aromatic carbocycles. The third kappa shape index (κ3) is 6.66. The van der Waals surface area contributed by atoms with Crippen LogP contribution in [0.25, 0.3) is 0 Å². The summed E-state index contributed by atoms with van der Waals surface area (Å²) < 4.78 is 10.2. The van der Waals surface area contributed by atoms with Crippen LogP contribution in [0.1, 0.15) is 0 Å². The highest BCUT2D eigenvalue weighted by molar-refractivity contribution is 7.62. The lowest BCUT2D eigenvalue weighted by atomic mass is 10.3. The number of rotatable bonds is 4. The molecule has 0 aromatic heterocycles. The molecule has 0 fully saturated rings. The van der Waals surface area contributed by atoms with E-state index in [1.54, 1.807) is 24.3 Å². The van der Waals surface area contributed by atoms with Crippen LogP contribution in [0.5, 0.6) is 11.5 Å². The molecule has 0 saturated heterocycles. The van der Waals surface area contributed by atoms with E-state index >= 15 is 0 Å². The molecule has 0 spiro atoms. The first-order valence-corrected chi connectivity index (χ1v) is 13.7. The van der Waals surface area contributed by atoms with Gasteiger partial charge in [0.2, 0.25) is 0 Å². The van der Waals surface area contributed by atoms with Crippen LogP contribution in [0.15, 0.2) is 24.3 Å². The fourth-order valence-electron chi connectivity index (χ4n) is 0.843. The SMILES string of the molecule is Cl[Si](Cl)(Cl)Oc1ccc(O[Si](Cl)(Cl)Cl)cc1. The quantitative estimate of drug-likeness (QED) is 0.557. The molecule has 0 atom stereocenters. The van der Waals surface area contributed by atoms with Gasteiger partial charge in [-0.2, -0.15) is 0 Å². The Balaban J connectivity index is 2.69. The van der Waals surface area contributed by atoms with Gasteiger partial charge in [0.15, 0.2) is 0 Å². The Morgan fingerprint density at radius 2 is 0.875 bits per heavy atom. The summed E-state index contributed by atoms with van der Waals surface area (Å²) in [6.45, 7) is 0. The lowest BCUT2D eigenvalue weighted by Crippen LogP contribution is -2.21. The minimum atomic E-state index is -3.16. The summed E-state index contributed by atoms with van der Waals surface area (Å²) in [6, 6.07) is 6.26. The van der Waals surface area contributed by atoms with Crippen LogP contribution < -0.4 is 8.85 Å². The normalized spacial score (nSPS) is 12.4. The van der Waals surface area contributed by atoms with Crippen LogP contribution in [0.3, 0.4) is 0 Å². The fourth-order valence-corrected chi connectivity index (χ4v) is 3.25. The highest BCUT2D eigenvalue weighted by atomic mass is 35.8. The Hall–Kier alpha value is 0.994. The molecule has 0 bridgehead atoms. The molecule has 0 saturated carbocycles. The van der Waals surface area contributed by atoms with Gasteiger partial charge in [-0.15, -0.1) is 0 Å². The predicted molar refractivity (Wildman–Crippen MR) is 74.3 cm³/mol. The van der Waals surface area contributed by atoms with E-state index in [1.165, 1.54) is 0 Å². The molecule has 2 nitrogen and oxygen atoms in total. The van der Waals surface area contributed by atoms with Crippen molar-refractivity contribution in [1.29, 1.82) is 0 Å². The standard InChI is InChI=1S/C6H4Cl6O2Si2/c7-15(8,9)13-5-1-2-6(4-3-5)14-16(10,11)12/h1-4H. The van der Waals surface area contributed by atoms with Crippen LogP contribution in [0, 0.1) is 0 Å². The van der Waals surface area contributed by atoms with Crippen molar-refractivity contribution in [3.05, 3.63) is 24.3 Å². The molecule has 1 rings (SSSR count). The van der Waals surface area contributed by atoms with E-state index in [0.717, 1.165) is 0 Å². The highest BCUT2D eigenvalue weighted by Crippen LogP contribution is 2.29. The molecular weight excluding hydrogens is 373 g/mol. The van der Waals surface area contributed by atoms with Gasteiger partial charge in [0.25, 0.3) is 0 Å². The van der Waals surface area contributed by atoms with Gasteiger partial charge in [0, 0.05) is 0 Å². The average Bonchev–Trinajstić information content (AvgIpc) is 2.03. The third-order valence-electron chi connectivity index (χ3n) is 1.29. The Labute approximate surface area is 123 Å². The van der Waals surface area contributed by atoms with E-state index in [-0.39, 0.29) is 0 Å². The monoisotopic (exact) mass is 374 g/mol. The summed E-state index contributed by atoms with van der Waals surface area (Å²) in [5.74, 6) is 0.843. The lowest BCUT2D eigenvalue weighted by molar-refractivity contribution is 0.579. The summed E-state index contributed by atoms with van der Waals surface area (Å²) in [7, 11) is 0. The topological polar surface area (TPSA) is 18.5 Å². The predicted octanol–water partition coefficient (Wildman–Crippen LogP) is 4.75. The summed E-state index contributed by atoms with van der Waals surface area (Å²) in [5, 5.41) is 0. The van der Waals surface area contributed by atoms with Crippen LogP contribution in [-0.4, -0.2) is 12.5 Å². The molecule has 0 unspecified atom stereocenters. The summed E-state index contributed by atoms with van der Waals surface area (Å²) >= 11 is 33.4. The molecule has 0 N–H and O–H groups in total. The largest absolute Gasteiger partial charge is 0.555 e. The van der Waals surface area contributed by atoms with Crippen molar-refractivity contribution in [3.8, 4) is 11.5 Å². The second kappa shape index (κ2) is 5.76. The van der Waals surface area contributed by atoms with Crippen molar-refractivity contribution >= 4 is 79.0 Å². The summed E-state index contributed by atoms with van der Waals surface area (Å²) in [6.07, 6.45) is -6.31. The van der Waals surface area contributed by atoms with Gasteiger partial charge in [-0.3, -0.25) is 0 Å². The highest BCUT2D eigenvalue weighted by Gasteiger charge is 2.31. The number of hydrogen-bond acceptors (Lipinski definition) is 2. The maximum atomic E-state index is 5.57. The van der Waals surface area contributed by atoms with E-state index in [1.807, 2.05) is 0 Å². The zero-order valence-corrected chi connectivity index (χ0v) is 13.9. The van der Waals surface area contributed by atoms with Gasteiger partial charge in [-0.1, -0.05) is 66.5 Å². The van der Waals surface area contributed by atoms with Gasteiger partial charge in [-0.25, -0.2) is 0 Å². The molecule has 0 amide bonds. The van der Waals surface area contributed by atoms with E-state index in [0.29, 0.717) is 11.5 Å². The Morgan fingerprint density at radius 1 is 0.625 bits per heavy atom. The first-order chi connectivity index (χ1) is 7.16. The van der Waals surface area contributed by atoms with Crippen LogP contribution in [0.2, 0.25) is 0 Å². The smallest absolute Gasteiger partial charge is 0.508 e. The van der Waals surface area contributed by atoms with Crippen LogP contribution in [-0.2, 0) is 0 Å². The molecule has 16 heavy (non-hydrogen) atoms. The van der Waals surface area contributed by atoms with Crippen molar-refractivity contribution < 1.29 is 8.85 Å². The second-order valence-corrected chi connectivity index (χ2v) is 17.8. The lowest BCUT2D eigenvalue weighted by Gasteiger charge is -2.14. The summed E-state index contributed by atoms with van der Waals surface area (Å²) in [5.41, 5.74) is 0. The maximum absolute atomic E-state index is 5.57. The van der Waals surface area contributed by atoms with E-state index in [9.17, 15) is 0 Å². The minimum Gasteiger partial charge on any atom is -0.508 e. The maximum Gasteiger partial charge on any atom is 0.555 e. The van der Waals surface area contributed by atoms with Crippen molar-refractivity contribution in [2.24, 2.45) is 0 Å². The van der Waals surface area contributed by atoms with Gasteiger partial charge < -0.3 is 8.85 Å². The summed E-state index contributed by atoms with van der Waals surface area (Å²) in [4.78, 5) is 0. The molecule has 10 heteroatoms. The first kappa shape index (κ1) is 15.1. The number of halogens is 6. The van der Waals surface area contributed by atoms with Crippen molar-refractivity contribution in [2.45, 2.75) is 0 Å². The average molecular weight is 377 g/mol. The molecule has 0 aliphatic heterocycles. The van der Waals surface area contributed by atoms with Gasteiger partial charge >= 0.3 is 12.5 Å². The Kier molecular flexibility index (Phi) is 5.42. The van der Waals surface area contributed by atoms with Crippen LogP contribution >= 0.6 is 66.5 Å². The van der Waals surface area contributed by atoms with Gasteiger partial charge in [-0.05, 0) is 24.3 Å². The number of hydrogen-bond donors (Lipinski definition) is 0. The number of benzene rings is 1. The Bertz CT molecular complexity index is 311. The second-order valence-electron chi connectivity index (χ2n) is 2.57. The van der Waals surface area contributed by atoms with E-state index in [4.69, 9.17) is 75.3 Å². The molecular formula is C6H4Cl6O2Si2. The zero-order chi connectivity index (χ0) is 12.4. The van der Waals surface area contributed by atoms with E-state index < -0.39 is 12.5 Å². The molecule has 90 valence electrons. The zero-order valence-electron chi connectivity index (χ0n) is 7.39. The minimum absolute atomic E-state index is 0.421. The molecule has 0 heterocycles.